The summed E-state index contributed by atoms with van der Waals surface area (Å²) in [6.45, 7) is 3.74. The third kappa shape index (κ3) is 3.80. The highest BCUT2D eigenvalue weighted by atomic mass is 16.6. The number of ether oxygens (including phenoxy) is 2. The van der Waals surface area contributed by atoms with Crippen molar-refractivity contribution in [3.8, 4) is 11.5 Å². The van der Waals surface area contributed by atoms with Crippen LogP contribution in [0, 0.1) is 0 Å². The topological polar surface area (TPSA) is 30.5 Å². The lowest BCUT2D eigenvalue weighted by Gasteiger charge is -2.31. The average molecular weight is 297 g/mol. The van der Waals surface area contributed by atoms with Crippen LogP contribution < -0.4 is 14.8 Å². The Morgan fingerprint density at radius 3 is 2.59 bits per heavy atom. The third-order valence-electron chi connectivity index (χ3n) is 4.04. The Bertz CT molecular complexity index is 585. The SMILES string of the molecule is C[C@H](NCCCc1ccccc1)[C@H]1COc2ccccc2O1. The molecule has 0 radical (unpaired) electrons. The second kappa shape index (κ2) is 7.32. The molecule has 1 aliphatic rings. The number of benzene rings is 2. The first-order valence-electron chi connectivity index (χ1n) is 7.99. The smallest absolute Gasteiger partial charge is 0.161 e. The minimum atomic E-state index is 0.0617. The van der Waals surface area contributed by atoms with Crippen LogP contribution in [0.1, 0.15) is 18.9 Å². The van der Waals surface area contributed by atoms with Gasteiger partial charge >= 0.3 is 0 Å². The number of rotatable bonds is 6. The van der Waals surface area contributed by atoms with Crippen molar-refractivity contribution in [3.05, 3.63) is 60.2 Å². The molecule has 2 atom stereocenters. The number of hydrogen-bond donors (Lipinski definition) is 1. The van der Waals surface area contributed by atoms with E-state index in [0.29, 0.717) is 6.61 Å². The first-order valence-corrected chi connectivity index (χ1v) is 7.99. The van der Waals surface area contributed by atoms with Gasteiger partial charge in [0.25, 0.3) is 0 Å². The maximum Gasteiger partial charge on any atom is 0.161 e. The van der Waals surface area contributed by atoms with E-state index in [9.17, 15) is 0 Å². The first-order chi connectivity index (χ1) is 10.8. The quantitative estimate of drug-likeness (QED) is 0.829. The Morgan fingerprint density at radius 1 is 1.05 bits per heavy atom. The van der Waals surface area contributed by atoms with E-state index in [-0.39, 0.29) is 12.1 Å². The molecular weight excluding hydrogens is 274 g/mol. The highest BCUT2D eigenvalue weighted by Gasteiger charge is 2.25. The highest BCUT2D eigenvalue weighted by Crippen LogP contribution is 2.31. The summed E-state index contributed by atoms with van der Waals surface area (Å²) in [5.74, 6) is 1.69. The molecule has 2 aromatic carbocycles. The molecule has 3 nitrogen and oxygen atoms in total. The average Bonchev–Trinajstić information content (AvgIpc) is 2.59. The minimum Gasteiger partial charge on any atom is -0.486 e. The van der Waals surface area contributed by atoms with Crippen LogP contribution in [-0.4, -0.2) is 25.3 Å². The molecule has 0 aliphatic carbocycles. The van der Waals surface area contributed by atoms with Gasteiger partial charge in [-0.05, 0) is 44.0 Å². The van der Waals surface area contributed by atoms with E-state index in [2.05, 4.69) is 42.6 Å². The molecule has 0 aromatic heterocycles. The van der Waals surface area contributed by atoms with Crippen molar-refractivity contribution in [1.29, 1.82) is 0 Å². The number of hydrogen-bond acceptors (Lipinski definition) is 3. The summed E-state index contributed by atoms with van der Waals surface area (Å²) in [6.07, 6.45) is 2.29. The van der Waals surface area contributed by atoms with E-state index in [1.165, 1.54) is 5.56 Å². The number of fused-ring (bicyclic) bond motifs is 1. The summed E-state index contributed by atoms with van der Waals surface area (Å²) in [7, 11) is 0. The molecule has 0 saturated heterocycles. The number of nitrogens with one attached hydrogen (secondary N) is 1. The van der Waals surface area contributed by atoms with Crippen LogP contribution in [0.3, 0.4) is 0 Å². The molecule has 1 heterocycles. The van der Waals surface area contributed by atoms with Crippen molar-refractivity contribution in [2.24, 2.45) is 0 Å². The zero-order chi connectivity index (χ0) is 15.2. The van der Waals surface area contributed by atoms with Crippen molar-refractivity contribution in [1.82, 2.24) is 5.32 Å². The summed E-state index contributed by atoms with van der Waals surface area (Å²) < 4.78 is 11.8. The zero-order valence-electron chi connectivity index (χ0n) is 13.0. The summed E-state index contributed by atoms with van der Waals surface area (Å²) >= 11 is 0. The van der Waals surface area contributed by atoms with E-state index in [0.717, 1.165) is 30.9 Å². The lowest BCUT2D eigenvalue weighted by Crippen LogP contribution is -2.46. The molecule has 1 N–H and O–H groups in total. The summed E-state index contributed by atoms with van der Waals surface area (Å²) in [6, 6.07) is 18.7. The molecule has 0 spiro atoms. The van der Waals surface area contributed by atoms with Gasteiger partial charge in [-0.2, -0.15) is 0 Å². The normalized spacial score (nSPS) is 18.0. The lowest BCUT2D eigenvalue weighted by molar-refractivity contribution is 0.0667. The van der Waals surface area contributed by atoms with E-state index >= 15 is 0 Å². The Labute approximate surface area is 132 Å². The van der Waals surface area contributed by atoms with Crippen molar-refractivity contribution < 1.29 is 9.47 Å². The Balaban J connectivity index is 1.42. The van der Waals surface area contributed by atoms with E-state index in [1.807, 2.05) is 24.3 Å². The maximum atomic E-state index is 6.02. The fourth-order valence-corrected chi connectivity index (χ4v) is 2.68. The van der Waals surface area contributed by atoms with Gasteiger partial charge in [0.2, 0.25) is 0 Å². The molecule has 116 valence electrons. The van der Waals surface area contributed by atoms with Gasteiger partial charge < -0.3 is 14.8 Å². The largest absolute Gasteiger partial charge is 0.486 e. The van der Waals surface area contributed by atoms with Gasteiger partial charge in [0.15, 0.2) is 11.5 Å². The molecule has 1 aliphatic heterocycles. The fourth-order valence-electron chi connectivity index (χ4n) is 2.68. The molecule has 2 aromatic rings. The van der Waals surface area contributed by atoms with Crippen LogP contribution in [0.15, 0.2) is 54.6 Å². The molecule has 0 saturated carbocycles. The maximum absolute atomic E-state index is 6.02. The van der Waals surface area contributed by atoms with Crippen LogP contribution in [0.4, 0.5) is 0 Å². The molecular formula is C19H23NO2. The van der Waals surface area contributed by atoms with Crippen LogP contribution in [0.2, 0.25) is 0 Å². The third-order valence-corrected chi connectivity index (χ3v) is 4.04. The predicted octanol–water partition coefficient (Wildman–Crippen LogP) is 3.44. The van der Waals surface area contributed by atoms with Crippen LogP contribution in [-0.2, 0) is 6.42 Å². The Hall–Kier alpha value is -2.00. The van der Waals surface area contributed by atoms with Gasteiger partial charge in [-0.3, -0.25) is 0 Å². The number of para-hydroxylation sites is 2. The van der Waals surface area contributed by atoms with E-state index in [1.54, 1.807) is 0 Å². The van der Waals surface area contributed by atoms with Gasteiger partial charge in [-0.1, -0.05) is 42.5 Å². The van der Waals surface area contributed by atoms with Gasteiger partial charge in [0.1, 0.15) is 12.7 Å². The van der Waals surface area contributed by atoms with Gasteiger partial charge in [0.05, 0.1) is 0 Å². The molecule has 0 unspecified atom stereocenters. The molecule has 0 fully saturated rings. The highest BCUT2D eigenvalue weighted by molar-refractivity contribution is 5.40. The van der Waals surface area contributed by atoms with Crippen LogP contribution in [0.25, 0.3) is 0 Å². The van der Waals surface area contributed by atoms with E-state index < -0.39 is 0 Å². The van der Waals surface area contributed by atoms with Gasteiger partial charge in [-0.15, -0.1) is 0 Å². The van der Waals surface area contributed by atoms with Crippen LogP contribution in [0.5, 0.6) is 11.5 Å². The summed E-state index contributed by atoms with van der Waals surface area (Å²) in [5, 5.41) is 3.55. The monoisotopic (exact) mass is 297 g/mol. The first kappa shape index (κ1) is 14.9. The second-order valence-electron chi connectivity index (χ2n) is 5.75. The standard InChI is InChI=1S/C19H23NO2/c1-15(20-13-7-10-16-8-3-2-4-9-16)19-14-21-17-11-5-6-12-18(17)22-19/h2-6,8-9,11-12,15,19-20H,7,10,13-14H2,1H3/t15-,19+/m0/s1. The van der Waals surface area contributed by atoms with Crippen LogP contribution >= 0.6 is 0 Å². The Morgan fingerprint density at radius 2 is 1.77 bits per heavy atom. The molecule has 3 heteroatoms. The number of aryl methyl sites for hydroxylation is 1. The lowest BCUT2D eigenvalue weighted by atomic mass is 10.1. The minimum absolute atomic E-state index is 0.0617. The molecule has 0 amide bonds. The summed E-state index contributed by atoms with van der Waals surface area (Å²) in [5.41, 5.74) is 1.39. The second-order valence-corrected chi connectivity index (χ2v) is 5.75. The molecule has 0 bridgehead atoms. The zero-order valence-corrected chi connectivity index (χ0v) is 13.0. The fraction of sp³-hybridized carbons (Fsp3) is 0.368. The van der Waals surface area contributed by atoms with Crippen molar-refractivity contribution in [3.63, 3.8) is 0 Å². The van der Waals surface area contributed by atoms with Gasteiger partial charge in [0, 0.05) is 6.04 Å². The van der Waals surface area contributed by atoms with Crippen molar-refractivity contribution in [2.75, 3.05) is 13.2 Å². The summed E-state index contributed by atoms with van der Waals surface area (Å²) in [4.78, 5) is 0. The Kier molecular flexibility index (Phi) is 4.96. The van der Waals surface area contributed by atoms with Crippen molar-refractivity contribution in [2.45, 2.75) is 31.9 Å². The predicted molar refractivity (Wildman–Crippen MR) is 88.6 cm³/mol. The molecule has 22 heavy (non-hydrogen) atoms. The van der Waals surface area contributed by atoms with E-state index in [4.69, 9.17) is 9.47 Å². The van der Waals surface area contributed by atoms with Crippen molar-refractivity contribution >= 4 is 0 Å². The molecule has 3 rings (SSSR count). The van der Waals surface area contributed by atoms with Gasteiger partial charge in [-0.25, -0.2) is 0 Å².